The third-order valence-corrected chi connectivity index (χ3v) is 3.89. The first-order valence-corrected chi connectivity index (χ1v) is 7.89. The molecule has 5 nitrogen and oxygen atoms in total. The van der Waals surface area contributed by atoms with Gasteiger partial charge in [-0.1, -0.05) is 6.07 Å². The van der Waals surface area contributed by atoms with Gasteiger partial charge in [-0.15, -0.1) is 0 Å². The van der Waals surface area contributed by atoms with Gasteiger partial charge in [-0.05, 0) is 38.4 Å². The summed E-state index contributed by atoms with van der Waals surface area (Å²) in [6.45, 7) is 4.29. The molecule has 2 heterocycles. The van der Waals surface area contributed by atoms with Crippen LogP contribution in [0.1, 0.15) is 5.69 Å². The van der Waals surface area contributed by atoms with Crippen molar-refractivity contribution in [3.8, 4) is 5.69 Å². The number of hydrogen-bond donors (Lipinski definition) is 0. The minimum atomic E-state index is -0.251. The SMILES string of the molecule is CN(C)CC1CN(Cc2ccn(-c3cccc(F)c3)n2)CCO1. The first-order chi connectivity index (χ1) is 11.1. The van der Waals surface area contributed by atoms with E-state index in [9.17, 15) is 4.39 Å². The zero-order valence-corrected chi connectivity index (χ0v) is 13.7. The summed E-state index contributed by atoms with van der Waals surface area (Å²) in [5, 5.41) is 4.56. The highest BCUT2D eigenvalue weighted by Gasteiger charge is 2.21. The van der Waals surface area contributed by atoms with E-state index >= 15 is 0 Å². The molecule has 1 fully saturated rings. The van der Waals surface area contributed by atoms with Crippen LogP contribution in [0, 0.1) is 5.82 Å². The molecule has 1 unspecified atom stereocenters. The number of hydrogen-bond acceptors (Lipinski definition) is 4. The van der Waals surface area contributed by atoms with Crippen LogP contribution in [0.3, 0.4) is 0 Å². The average molecular weight is 318 g/mol. The first kappa shape index (κ1) is 16.1. The second kappa shape index (κ2) is 7.21. The molecule has 6 heteroatoms. The Bertz CT molecular complexity index is 643. The molecule has 2 aromatic rings. The van der Waals surface area contributed by atoms with E-state index in [1.54, 1.807) is 10.7 Å². The van der Waals surface area contributed by atoms with Gasteiger partial charge < -0.3 is 9.64 Å². The minimum absolute atomic E-state index is 0.240. The largest absolute Gasteiger partial charge is 0.374 e. The van der Waals surface area contributed by atoms with E-state index in [4.69, 9.17) is 4.74 Å². The molecule has 1 aromatic carbocycles. The van der Waals surface area contributed by atoms with Gasteiger partial charge in [0.25, 0.3) is 0 Å². The number of benzene rings is 1. The van der Waals surface area contributed by atoms with Crippen molar-refractivity contribution in [2.24, 2.45) is 0 Å². The van der Waals surface area contributed by atoms with Crippen LogP contribution in [-0.2, 0) is 11.3 Å². The Kier molecular flexibility index (Phi) is 5.05. The smallest absolute Gasteiger partial charge is 0.125 e. The molecule has 1 aliphatic heterocycles. The van der Waals surface area contributed by atoms with Crippen molar-refractivity contribution in [2.75, 3.05) is 40.3 Å². The van der Waals surface area contributed by atoms with Crippen LogP contribution in [0.15, 0.2) is 36.5 Å². The molecule has 0 amide bonds. The summed E-state index contributed by atoms with van der Waals surface area (Å²) in [6.07, 6.45) is 2.12. The average Bonchev–Trinajstić information content (AvgIpc) is 2.95. The first-order valence-electron chi connectivity index (χ1n) is 7.89. The molecular formula is C17H23FN4O. The molecule has 23 heavy (non-hydrogen) atoms. The Morgan fingerprint density at radius 2 is 2.22 bits per heavy atom. The van der Waals surface area contributed by atoms with E-state index in [1.807, 2.05) is 18.3 Å². The van der Waals surface area contributed by atoms with Crippen molar-refractivity contribution in [1.82, 2.24) is 19.6 Å². The summed E-state index contributed by atoms with van der Waals surface area (Å²) in [5.74, 6) is -0.251. The molecule has 0 spiro atoms. The van der Waals surface area contributed by atoms with Crippen LogP contribution in [0.5, 0.6) is 0 Å². The second-order valence-corrected chi connectivity index (χ2v) is 6.22. The summed E-state index contributed by atoms with van der Waals surface area (Å²) in [5.41, 5.74) is 1.73. The maximum atomic E-state index is 13.3. The van der Waals surface area contributed by atoms with Crippen LogP contribution < -0.4 is 0 Å². The molecule has 0 N–H and O–H groups in total. The van der Waals surface area contributed by atoms with E-state index < -0.39 is 0 Å². The monoisotopic (exact) mass is 318 g/mol. The Labute approximate surface area is 136 Å². The molecule has 0 saturated carbocycles. The third-order valence-electron chi connectivity index (χ3n) is 3.89. The Balaban J connectivity index is 1.62. The Morgan fingerprint density at radius 3 is 3.00 bits per heavy atom. The highest BCUT2D eigenvalue weighted by Crippen LogP contribution is 2.13. The number of nitrogens with zero attached hydrogens (tertiary/aromatic N) is 4. The molecule has 1 aliphatic rings. The van der Waals surface area contributed by atoms with Crippen LogP contribution >= 0.6 is 0 Å². The number of rotatable bonds is 5. The maximum Gasteiger partial charge on any atom is 0.125 e. The van der Waals surface area contributed by atoms with Crippen molar-refractivity contribution < 1.29 is 9.13 Å². The number of halogens is 1. The molecule has 1 saturated heterocycles. The minimum Gasteiger partial charge on any atom is -0.374 e. The predicted octanol–water partition coefficient (Wildman–Crippen LogP) is 1.77. The third kappa shape index (κ3) is 4.37. The lowest BCUT2D eigenvalue weighted by Gasteiger charge is -2.33. The van der Waals surface area contributed by atoms with Gasteiger partial charge in [0, 0.05) is 32.4 Å². The van der Waals surface area contributed by atoms with Gasteiger partial charge in [-0.3, -0.25) is 4.90 Å². The molecule has 1 aromatic heterocycles. The van der Waals surface area contributed by atoms with E-state index in [0.29, 0.717) is 0 Å². The maximum absolute atomic E-state index is 13.3. The zero-order chi connectivity index (χ0) is 16.2. The van der Waals surface area contributed by atoms with E-state index in [2.05, 4.69) is 29.0 Å². The van der Waals surface area contributed by atoms with Gasteiger partial charge >= 0.3 is 0 Å². The highest BCUT2D eigenvalue weighted by atomic mass is 19.1. The van der Waals surface area contributed by atoms with Gasteiger partial charge in [0.15, 0.2) is 0 Å². The topological polar surface area (TPSA) is 33.5 Å². The summed E-state index contributed by atoms with van der Waals surface area (Å²) in [7, 11) is 4.12. The normalized spacial score (nSPS) is 19.4. The van der Waals surface area contributed by atoms with E-state index in [1.165, 1.54) is 12.1 Å². The van der Waals surface area contributed by atoms with Crippen LogP contribution in [-0.4, -0.2) is 66.0 Å². The van der Waals surface area contributed by atoms with Crippen molar-refractivity contribution in [1.29, 1.82) is 0 Å². The van der Waals surface area contributed by atoms with Gasteiger partial charge in [-0.2, -0.15) is 5.10 Å². The number of aromatic nitrogens is 2. The molecular weight excluding hydrogens is 295 g/mol. The molecule has 1 atom stereocenters. The summed E-state index contributed by atoms with van der Waals surface area (Å²) in [4.78, 5) is 4.50. The van der Waals surface area contributed by atoms with Crippen LogP contribution in [0.4, 0.5) is 4.39 Å². The van der Waals surface area contributed by atoms with Crippen molar-refractivity contribution in [3.05, 3.63) is 48.0 Å². The van der Waals surface area contributed by atoms with Gasteiger partial charge in [0.2, 0.25) is 0 Å². The lowest BCUT2D eigenvalue weighted by molar-refractivity contribution is -0.0410. The lowest BCUT2D eigenvalue weighted by atomic mass is 10.2. The number of morpholine rings is 1. The van der Waals surface area contributed by atoms with Crippen molar-refractivity contribution in [2.45, 2.75) is 12.6 Å². The number of likely N-dealkylation sites (N-methyl/N-ethyl adjacent to an activating group) is 1. The molecule has 0 radical (unpaired) electrons. The summed E-state index contributed by atoms with van der Waals surface area (Å²) < 4.78 is 20.8. The fraction of sp³-hybridized carbons (Fsp3) is 0.471. The molecule has 124 valence electrons. The van der Waals surface area contributed by atoms with Crippen molar-refractivity contribution >= 4 is 0 Å². The molecule has 0 bridgehead atoms. The fourth-order valence-electron chi connectivity index (χ4n) is 2.88. The van der Waals surface area contributed by atoms with E-state index in [-0.39, 0.29) is 11.9 Å². The fourth-order valence-corrected chi connectivity index (χ4v) is 2.88. The summed E-state index contributed by atoms with van der Waals surface area (Å²) >= 11 is 0. The second-order valence-electron chi connectivity index (χ2n) is 6.22. The summed E-state index contributed by atoms with van der Waals surface area (Å²) in [6, 6.07) is 8.45. The van der Waals surface area contributed by atoms with E-state index in [0.717, 1.165) is 44.2 Å². The standard InChI is InChI=1S/C17H23FN4O/c1-20(2)12-17-13-21(8-9-23-17)11-15-6-7-22(19-15)16-5-3-4-14(18)10-16/h3-7,10,17H,8-9,11-13H2,1-2H3. The van der Waals surface area contributed by atoms with Gasteiger partial charge in [-0.25, -0.2) is 9.07 Å². The Hall–Kier alpha value is -1.76. The highest BCUT2D eigenvalue weighted by molar-refractivity contribution is 5.31. The van der Waals surface area contributed by atoms with Gasteiger partial charge in [0.05, 0.1) is 24.1 Å². The molecule has 3 rings (SSSR count). The molecule has 0 aliphatic carbocycles. The Morgan fingerprint density at radius 1 is 1.35 bits per heavy atom. The van der Waals surface area contributed by atoms with Crippen LogP contribution in [0.25, 0.3) is 5.69 Å². The quantitative estimate of drug-likeness (QED) is 0.841. The lowest BCUT2D eigenvalue weighted by Crippen LogP contribution is -2.46. The van der Waals surface area contributed by atoms with Gasteiger partial charge in [0.1, 0.15) is 5.82 Å². The van der Waals surface area contributed by atoms with Crippen molar-refractivity contribution in [3.63, 3.8) is 0 Å². The zero-order valence-electron chi connectivity index (χ0n) is 13.7. The van der Waals surface area contributed by atoms with Crippen LogP contribution in [0.2, 0.25) is 0 Å². The predicted molar refractivity (Wildman–Crippen MR) is 87.1 cm³/mol. The number of ether oxygens (including phenoxy) is 1.